The van der Waals surface area contributed by atoms with Crippen LogP contribution in [0.4, 0.5) is 0 Å². The van der Waals surface area contributed by atoms with Crippen molar-refractivity contribution in [1.82, 2.24) is 25.4 Å². The van der Waals surface area contributed by atoms with Gasteiger partial charge >= 0.3 is 0 Å². The molecule has 3 heterocycles. The molecule has 1 aliphatic carbocycles. The van der Waals surface area contributed by atoms with Crippen molar-refractivity contribution in [2.75, 3.05) is 6.50 Å². The summed E-state index contributed by atoms with van der Waals surface area (Å²) in [5, 5.41) is 11.7. The average molecular weight is 310 g/mol. The van der Waals surface area contributed by atoms with Gasteiger partial charge in [0.2, 0.25) is 0 Å². The summed E-state index contributed by atoms with van der Waals surface area (Å²) in [4.78, 5) is 11.5. The fourth-order valence-electron chi connectivity index (χ4n) is 3.62. The average Bonchev–Trinajstić information content (AvgIpc) is 3.32. The van der Waals surface area contributed by atoms with E-state index < -0.39 is 6.50 Å². The first-order chi connectivity index (χ1) is 12.1. The Labute approximate surface area is 138 Å². The molecule has 0 saturated heterocycles. The van der Waals surface area contributed by atoms with Gasteiger partial charge in [-0.05, 0) is 24.8 Å². The van der Waals surface area contributed by atoms with Gasteiger partial charge in [0, 0.05) is 35.9 Å². The molecule has 0 aromatic carbocycles. The molecule has 2 N–H and O–H groups in total. The zero-order valence-corrected chi connectivity index (χ0v) is 12.8. The number of nitrogens with zero attached hydrogens (tertiary/aromatic N) is 4. The molecular formula is C17H20N6. The van der Waals surface area contributed by atoms with E-state index in [0.29, 0.717) is 29.3 Å². The van der Waals surface area contributed by atoms with Crippen molar-refractivity contribution in [1.29, 1.82) is 5.26 Å². The fourth-order valence-corrected chi connectivity index (χ4v) is 3.62. The predicted molar refractivity (Wildman–Crippen MR) is 87.7 cm³/mol. The third-order valence-electron chi connectivity index (χ3n) is 4.77. The molecule has 2 aromatic rings. The predicted octanol–water partition coefficient (Wildman–Crippen LogP) is 2.59. The third-order valence-corrected chi connectivity index (χ3v) is 4.77. The number of aromatic nitrogens is 3. The Balaban J connectivity index is 1.68. The fraction of sp³-hybridized carbons (Fsp3) is 0.471. The van der Waals surface area contributed by atoms with Gasteiger partial charge < -0.3 is 10.4 Å². The molecule has 1 fully saturated rings. The highest BCUT2D eigenvalue weighted by atomic mass is 15.5. The van der Waals surface area contributed by atoms with Gasteiger partial charge in [0.1, 0.15) is 12.0 Å². The zero-order valence-electron chi connectivity index (χ0n) is 14.8. The molecule has 1 aliphatic heterocycles. The molecule has 4 rings (SSSR count). The Morgan fingerprint density at radius 1 is 1.43 bits per heavy atom. The van der Waals surface area contributed by atoms with Crippen molar-refractivity contribution in [3.05, 3.63) is 30.5 Å². The summed E-state index contributed by atoms with van der Waals surface area (Å²) >= 11 is 0. The first-order valence-electron chi connectivity index (χ1n) is 9.04. The molecule has 2 aromatic heterocycles. The number of nitriles is 1. The molecule has 0 unspecified atom stereocenters. The molecule has 0 radical (unpaired) electrons. The summed E-state index contributed by atoms with van der Waals surface area (Å²) in [6, 6.07) is 3.94. The highest BCUT2D eigenvalue weighted by Crippen LogP contribution is 2.33. The quantitative estimate of drug-likeness (QED) is 0.907. The van der Waals surface area contributed by atoms with Gasteiger partial charge in [0.15, 0.2) is 0 Å². The van der Waals surface area contributed by atoms with Crippen LogP contribution in [0.1, 0.15) is 40.5 Å². The molecular weight excluding hydrogens is 288 g/mol. The van der Waals surface area contributed by atoms with E-state index in [0.717, 1.165) is 31.1 Å². The summed E-state index contributed by atoms with van der Waals surface area (Å²) in [5.41, 5.74) is 4.82. The van der Waals surface area contributed by atoms with Crippen LogP contribution in [0, 0.1) is 17.2 Å². The Bertz CT molecular complexity index is 846. The van der Waals surface area contributed by atoms with Crippen molar-refractivity contribution < 1.29 is 2.74 Å². The van der Waals surface area contributed by atoms with Gasteiger partial charge in [-0.1, -0.05) is 12.8 Å². The molecule has 0 bridgehead atoms. The second-order valence-corrected chi connectivity index (χ2v) is 6.11. The molecule has 0 spiro atoms. The third kappa shape index (κ3) is 2.57. The van der Waals surface area contributed by atoms with Crippen molar-refractivity contribution in [3.8, 4) is 6.07 Å². The summed E-state index contributed by atoms with van der Waals surface area (Å²) in [6.07, 6.45) is 9.60. The highest BCUT2D eigenvalue weighted by Gasteiger charge is 2.32. The molecule has 2 aliphatic rings. The molecule has 1 atom stereocenters. The molecule has 6 heteroatoms. The number of hydrogen-bond acceptors (Lipinski definition) is 5. The molecule has 118 valence electrons. The highest BCUT2D eigenvalue weighted by molar-refractivity contribution is 5.88. The standard InChI is InChI=1S/C17H20N6/c18-7-5-15(12-3-1-2-4-12)23-10-13(9-22-23)16-14-6-8-19-17(14)21-11-20-16/h6,8-9,11-12,15,22H,1-5,10H2,(H,19,20,21)/t15-/m1/s1/i10D2. The van der Waals surface area contributed by atoms with E-state index in [2.05, 4.69) is 26.4 Å². The second kappa shape index (κ2) is 6.01. The van der Waals surface area contributed by atoms with Crippen LogP contribution < -0.4 is 5.43 Å². The lowest BCUT2D eigenvalue weighted by molar-refractivity contribution is 0.134. The number of H-pyrrole nitrogens is 1. The monoisotopic (exact) mass is 310 g/mol. The maximum atomic E-state index is 9.26. The van der Waals surface area contributed by atoms with Crippen LogP contribution in [0.15, 0.2) is 24.8 Å². The number of hydrazine groups is 1. The van der Waals surface area contributed by atoms with E-state index in [1.165, 1.54) is 6.33 Å². The van der Waals surface area contributed by atoms with E-state index in [-0.39, 0.29) is 6.04 Å². The number of hydrogen-bond donors (Lipinski definition) is 2. The van der Waals surface area contributed by atoms with Crippen molar-refractivity contribution in [2.24, 2.45) is 5.92 Å². The van der Waals surface area contributed by atoms with E-state index in [1.54, 1.807) is 17.4 Å². The van der Waals surface area contributed by atoms with Gasteiger partial charge in [-0.2, -0.15) is 5.26 Å². The van der Waals surface area contributed by atoms with Gasteiger partial charge in [-0.3, -0.25) is 0 Å². The lowest BCUT2D eigenvalue weighted by Gasteiger charge is -2.31. The van der Waals surface area contributed by atoms with E-state index in [1.807, 2.05) is 6.07 Å². The smallest absolute Gasteiger partial charge is 0.141 e. The SMILES string of the molecule is [2H]C1([2H])C(c2ncnc3[nH]ccc23)=CNN1[C@H](CC#N)C1CCCC1. The van der Waals surface area contributed by atoms with E-state index >= 15 is 0 Å². The Hall–Kier alpha value is -2.39. The van der Waals surface area contributed by atoms with Crippen LogP contribution in [0.3, 0.4) is 0 Å². The van der Waals surface area contributed by atoms with E-state index in [4.69, 9.17) is 2.74 Å². The molecule has 0 amide bonds. The Kier molecular flexibility index (Phi) is 3.16. The van der Waals surface area contributed by atoms with Crippen molar-refractivity contribution in [3.63, 3.8) is 0 Å². The topological polar surface area (TPSA) is 80.6 Å². The van der Waals surface area contributed by atoms with Crippen molar-refractivity contribution >= 4 is 16.6 Å². The first kappa shape index (κ1) is 12.1. The van der Waals surface area contributed by atoms with Gasteiger partial charge in [-0.15, -0.1) is 0 Å². The second-order valence-electron chi connectivity index (χ2n) is 6.11. The number of nitrogens with one attached hydrogen (secondary N) is 2. The zero-order chi connectivity index (χ0) is 17.4. The summed E-state index contributed by atoms with van der Waals surface area (Å²) in [6.45, 7) is -1.75. The van der Waals surface area contributed by atoms with Crippen LogP contribution in [-0.4, -0.2) is 32.5 Å². The Morgan fingerprint density at radius 3 is 3.13 bits per heavy atom. The van der Waals surface area contributed by atoms with E-state index in [9.17, 15) is 5.26 Å². The number of fused-ring (bicyclic) bond motifs is 1. The summed E-state index contributed by atoms with van der Waals surface area (Å²) in [5.74, 6) is 0.340. The minimum atomic E-state index is -1.75. The molecule has 6 nitrogen and oxygen atoms in total. The lowest BCUT2D eigenvalue weighted by Crippen LogP contribution is -2.44. The van der Waals surface area contributed by atoms with Crippen LogP contribution in [-0.2, 0) is 0 Å². The van der Waals surface area contributed by atoms with Crippen LogP contribution in [0.5, 0.6) is 0 Å². The maximum Gasteiger partial charge on any atom is 0.141 e. The Morgan fingerprint density at radius 2 is 2.30 bits per heavy atom. The number of aromatic amines is 1. The van der Waals surface area contributed by atoms with Crippen LogP contribution >= 0.6 is 0 Å². The summed E-state index contributed by atoms with van der Waals surface area (Å²) in [7, 11) is 0. The largest absolute Gasteiger partial charge is 0.346 e. The van der Waals surface area contributed by atoms with Crippen LogP contribution in [0.25, 0.3) is 16.6 Å². The summed E-state index contributed by atoms with van der Waals surface area (Å²) < 4.78 is 17.4. The minimum Gasteiger partial charge on any atom is -0.346 e. The number of rotatable bonds is 4. The van der Waals surface area contributed by atoms with Gasteiger partial charge in [0.05, 0.1) is 20.9 Å². The van der Waals surface area contributed by atoms with Gasteiger partial charge in [0.25, 0.3) is 0 Å². The maximum absolute atomic E-state index is 9.26. The normalized spacial score (nSPS) is 23.9. The first-order valence-corrected chi connectivity index (χ1v) is 8.04. The lowest BCUT2D eigenvalue weighted by atomic mass is 9.95. The molecule has 23 heavy (non-hydrogen) atoms. The molecule has 1 saturated carbocycles. The minimum absolute atomic E-state index is 0.153. The van der Waals surface area contributed by atoms with Crippen molar-refractivity contribution in [2.45, 2.75) is 38.1 Å². The van der Waals surface area contributed by atoms with Crippen LogP contribution in [0.2, 0.25) is 0 Å². The van der Waals surface area contributed by atoms with Gasteiger partial charge in [-0.25, -0.2) is 15.0 Å².